The van der Waals surface area contributed by atoms with Crippen molar-refractivity contribution < 1.29 is 4.79 Å². The third-order valence-corrected chi connectivity index (χ3v) is 4.59. The number of aromatic nitrogens is 2. The summed E-state index contributed by atoms with van der Waals surface area (Å²) in [5, 5.41) is 12.4. The molecule has 0 fully saturated rings. The first-order valence-electron chi connectivity index (χ1n) is 6.95. The van der Waals surface area contributed by atoms with Crippen LogP contribution in [0.15, 0.2) is 54.6 Å². The van der Waals surface area contributed by atoms with Gasteiger partial charge in [0.15, 0.2) is 5.01 Å². The topological polar surface area (TPSA) is 54.9 Å². The highest BCUT2D eigenvalue weighted by Gasteiger charge is 2.14. The maximum Gasteiger partial charge on any atom is 0.286 e. The van der Waals surface area contributed by atoms with Gasteiger partial charge in [-0.05, 0) is 35.9 Å². The highest BCUT2D eigenvalue weighted by Crippen LogP contribution is 2.26. The Morgan fingerprint density at radius 1 is 1.04 bits per heavy atom. The van der Waals surface area contributed by atoms with Crippen LogP contribution in [-0.2, 0) is 0 Å². The number of amides is 1. The van der Waals surface area contributed by atoms with Gasteiger partial charge in [0.25, 0.3) is 5.91 Å². The number of halogens is 2. The first-order chi connectivity index (χ1) is 11.6. The fourth-order valence-corrected chi connectivity index (χ4v) is 3.05. The largest absolute Gasteiger partial charge is 0.320 e. The van der Waals surface area contributed by atoms with E-state index in [1.54, 1.807) is 30.3 Å². The van der Waals surface area contributed by atoms with E-state index in [1.165, 1.54) is 0 Å². The number of para-hydroxylation sites is 1. The molecule has 1 heterocycles. The number of carbonyl (C=O) groups is 1. The van der Waals surface area contributed by atoms with Crippen LogP contribution < -0.4 is 5.32 Å². The first-order valence-corrected chi connectivity index (χ1v) is 8.52. The highest BCUT2D eigenvalue weighted by atomic mass is 35.5. The summed E-state index contributed by atoms with van der Waals surface area (Å²) in [5.41, 5.74) is 1.54. The molecule has 0 aliphatic rings. The van der Waals surface area contributed by atoms with Gasteiger partial charge in [-0.15, -0.1) is 10.2 Å². The molecule has 0 spiro atoms. The molecular formula is C17H11Cl2N3OS. The van der Waals surface area contributed by atoms with Gasteiger partial charge in [-0.25, -0.2) is 0 Å². The summed E-state index contributed by atoms with van der Waals surface area (Å²) in [6.07, 6.45) is 1.73. The Labute approximate surface area is 152 Å². The molecule has 7 heteroatoms. The van der Waals surface area contributed by atoms with Crippen LogP contribution in [0.25, 0.3) is 11.1 Å². The van der Waals surface area contributed by atoms with Gasteiger partial charge in [0.2, 0.25) is 5.01 Å². The van der Waals surface area contributed by atoms with Crippen molar-refractivity contribution in [2.45, 2.75) is 0 Å². The predicted octanol–water partition coefficient (Wildman–Crippen LogP) is 5.18. The molecule has 1 amide bonds. The van der Waals surface area contributed by atoms with Gasteiger partial charge in [0.05, 0.1) is 5.03 Å². The SMILES string of the molecule is O=C(Nc1ccccc1)c1nnc(/C(Cl)=C/c2cccc(Cl)c2)s1. The number of nitrogens with zero attached hydrogens (tertiary/aromatic N) is 2. The molecule has 0 saturated heterocycles. The maximum atomic E-state index is 12.2. The fraction of sp³-hybridized carbons (Fsp3) is 0. The van der Waals surface area contributed by atoms with Crippen molar-refractivity contribution in [3.8, 4) is 0 Å². The molecule has 4 nitrogen and oxygen atoms in total. The number of carbonyl (C=O) groups excluding carboxylic acids is 1. The van der Waals surface area contributed by atoms with Crippen molar-refractivity contribution in [2.75, 3.05) is 5.32 Å². The summed E-state index contributed by atoms with van der Waals surface area (Å²) in [5.74, 6) is -0.322. The summed E-state index contributed by atoms with van der Waals surface area (Å²) >= 11 is 13.3. The lowest BCUT2D eigenvalue weighted by Crippen LogP contribution is -2.11. The van der Waals surface area contributed by atoms with E-state index in [0.717, 1.165) is 16.9 Å². The molecule has 0 unspecified atom stereocenters. The average molecular weight is 376 g/mol. The van der Waals surface area contributed by atoms with Crippen LogP contribution in [0.1, 0.15) is 20.4 Å². The van der Waals surface area contributed by atoms with E-state index in [-0.39, 0.29) is 10.9 Å². The van der Waals surface area contributed by atoms with Crippen molar-refractivity contribution in [1.82, 2.24) is 10.2 Å². The molecule has 3 rings (SSSR count). The van der Waals surface area contributed by atoms with E-state index in [0.29, 0.717) is 20.7 Å². The van der Waals surface area contributed by atoms with Crippen LogP contribution in [0, 0.1) is 0 Å². The van der Waals surface area contributed by atoms with Crippen LogP contribution in [0.2, 0.25) is 5.02 Å². The van der Waals surface area contributed by atoms with Gasteiger partial charge in [-0.2, -0.15) is 0 Å². The van der Waals surface area contributed by atoms with Gasteiger partial charge >= 0.3 is 0 Å². The summed E-state index contributed by atoms with van der Waals surface area (Å²) in [7, 11) is 0. The molecule has 0 radical (unpaired) electrons. The lowest BCUT2D eigenvalue weighted by molar-refractivity contribution is 0.102. The maximum absolute atomic E-state index is 12.2. The van der Waals surface area contributed by atoms with Gasteiger partial charge < -0.3 is 5.32 Å². The smallest absolute Gasteiger partial charge is 0.286 e. The molecule has 2 aromatic carbocycles. The van der Waals surface area contributed by atoms with Crippen LogP contribution in [0.3, 0.4) is 0 Å². The minimum Gasteiger partial charge on any atom is -0.320 e. The lowest BCUT2D eigenvalue weighted by atomic mass is 10.2. The van der Waals surface area contributed by atoms with Gasteiger partial charge in [0.1, 0.15) is 0 Å². The second-order valence-electron chi connectivity index (χ2n) is 4.78. The second kappa shape index (κ2) is 7.57. The molecular weight excluding hydrogens is 365 g/mol. The molecule has 0 aliphatic carbocycles. The summed E-state index contributed by atoms with van der Waals surface area (Å²) < 4.78 is 0. The number of hydrogen-bond acceptors (Lipinski definition) is 4. The standard InChI is InChI=1S/C17H11Cl2N3OS/c18-12-6-4-5-11(9-12)10-14(19)16-21-22-17(24-16)15(23)20-13-7-2-1-3-8-13/h1-10H,(H,20,23)/b14-10-. The van der Waals surface area contributed by atoms with E-state index in [9.17, 15) is 4.79 Å². The van der Waals surface area contributed by atoms with Crippen molar-refractivity contribution in [3.05, 3.63) is 75.2 Å². The summed E-state index contributed by atoms with van der Waals surface area (Å²) in [6, 6.07) is 16.4. The summed E-state index contributed by atoms with van der Waals surface area (Å²) in [4.78, 5) is 12.2. The quantitative estimate of drug-likeness (QED) is 0.683. The van der Waals surface area contributed by atoms with Crippen molar-refractivity contribution in [3.63, 3.8) is 0 Å². The fourth-order valence-electron chi connectivity index (χ4n) is 1.92. The van der Waals surface area contributed by atoms with E-state index >= 15 is 0 Å². The van der Waals surface area contributed by atoms with Crippen molar-refractivity contribution >= 4 is 57.2 Å². The number of rotatable bonds is 4. The molecule has 1 aromatic heterocycles. The van der Waals surface area contributed by atoms with Crippen LogP contribution in [0.5, 0.6) is 0 Å². The molecule has 1 N–H and O–H groups in total. The number of hydrogen-bond donors (Lipinski definition) is 1. The zero-order valence-electron chi connectivity index (χ0n) is 12.2. The van der Waals surface area contributed by atoms with Crippen LogP contribution in [-0.4, -0.2) is 16.1 Å². The first kappa shape index (κ1) is 16.6. The van der Waals surface area contributed by atoms with E-state index in [4.69, 9.17) is 23.2 Å². The Bertz CT molecular complexity index is 894. The Kier molecular flexibility index (Phi) is 5.25. The molecule has 120 valence electrons. The van der Waals surface area contributed by atoms with E-state index < -0.39 is 0 Å². The van der Waals surface area contributed by atoms with Crippen molar-refractivity contribution in [2.24, 2.45) is 0 Å². The Morgan fingerprint density at radius 2 is 1.79 bits per heavy atom. The molecule has 0 bridgehead atoms. The average Bonchev–Trinajstić information content (AvgIpc) is 3.06. The normalized spacial score (nSPS) is 11.3. The van der Waals surface area contributed by atoms with Gasteiger partial charge in [-0.1, -0.05) is 64.9 Å². The molecule has 3 aromatic rings. The Hall–Kier alpha value is -2.21. The molecule has 0 aliphatic heterocycles. The monoisotopic (exact) mass is 375 g/mol. The Balaban J connectivity index is 1.76. The minimum atomic E-state index is -0.322. The third-order valence-electron chi connectivity index (χ3n) is 3.00. The third kappa shape index (κ3) is 4.20. The predicted molar refractivity (Wildman–Crippen MR) is 99.5 cm³/mol. The number of benzene rings is 2. The molecule has 0 atom stereocenters. The van der Waals surface area contributed by atoms with Gasteiger partial charge in [0, 0.05) is 10.7 Å². The lowest BCUT2D eigenvalue weighted by Gasteiger charge is -2.00. The van der Waals surface area contributed by atoms with E-state index in [1.807, 2.05) is 30.3 Å². The minimum absolute atomic E-state index is 0.242. The van der Waals surface area contributed by atoms with Crippen LogP contribution in [0.4, 0.5) is 5.69 Å². The molecule has 0 saturated carbocycles. The highest BCUT2D eigenvalue weighted by molar-refractivity contribution is 7.15. The van der Waals surface area contributed by atoms with Crippen molar-refractivity contribution in [1.29, 1.82) is 0 Å². The van der Waals surface area contributed by atoms with Crippen LogP contribution >= 0.6 is 34.5 Å². The zero-order valence-corrected chi connectivity index (χ0v) is 14.6. The second-order valence-corrected chi connectivity index (χ2v) is 6.60. The number of nitrogens with one attached hydrogen (secondary N) is 1. The Morgan fingerprint density at radius 3 is 2.54 bits per heavy atom. The zero-order chi connectivity index (χ0) is 16.9. The van der Waals surface area contributed by atoms with E-state index in [2.05, 4.69) is 15.5 Å². The molecule has 24 heavy (non-hydrogen) atoms. The summed E-state index contributed by atoms with van der Waals surface area (Å²) in [6.45, 7) is 0. The van der Waals surface area contributed by atoms with Gasteiger partial charge in [-0.3, -0.25) is 4.79 Å². The number of anilines is 1.